The van der Waals surface area contributed by atoms with Crippen molar-refractivity contribution < 1.29 is 9.53 Å². The number of unbranched alkanes of at least 4 members (excludes halogenated alkanes) is 1. The number of thioether (sulfide) groups is 2. The van der Waals surface area contributed by atoms with E-state index in [1.807, 2.05) is 6.26 Å². The molecule has 0 amide bonds. The fraction of sp³-hybridized carbons (Fsp3) is 0.583. The summed E-state index contributed by atoms with van der Waals surface area (Å²) in [6.45, 7) is 5.54. The lowest BCUT2D eigenvalue weighted by molar-refractivity contribution is -0.142. The summed E-state index contributed by atoms with van der Waals surface area (Å²) in [4.78, 5) is 11.3. The number of carbonyl (C=O) groups excluding carboxylic acids is 1. The van der Waals surface area contributed by atoms with Gasteiger partial charge in [0.25, 0.3) is 0 Å². The van der Waals surface area contributed by atoms with Crippen LogP contribution in [0.4, 0.5) is 0 Å². The predicted molar refractivity (Wildman–Crippen MR) is 82.0 cm³/mol. The van der Waals surface area contributed by atoms with Crippen LogP contribution in [0.2, 0.25) is 0 Å². The number of hydrogen-bond donors (Lipinski definition) is 0. The molecule has 0 aromatic carbocycles. The Morgan fingerprint density at radius 2 is 2.26 bits per heavy atom. The van der Waals surface area contributed by atoms with Crippen molar-refractivity contribution in [3.63, 3.8) is 0 Å². The van der Waals surface area contributed by atoms with Crippen LogP contribution in [0, 0.1) is 0 Å². The number of carbonyl (C=O) groups is 1. The molecule has 0 radical (unpaired) electrons. The number of hydrogen-bond acceptors (Lipinski definition) is 7. The van der Waals surface area contributed by atoms with Gasteiger partial charge in [-0.15, -0.1) is 10.2 Å². The van der Waals surface area contributed by atoms with Crippen molar-refractivity contribution in [1.29, 1.82) is 0 Å². The average molecular weight is 318 g/mol. The van der Waals surface area contributed by atoms with E-state index in [-0.39, 0.29) is 12.1 Å². The summed E-state index contributed by atoms with van der Waals surface area (Å²) in [7, 11) is 0. The molecular weight excluding hydrogens is 300 g/mol. The average Bonchev–Trinajstić information content (AvgIpc) is 2.89. The third-order valence-corrected chi connectivity index (χ3v) is 5.45. The van der Waals surface area contributed by atoms with E-state index in [0.29, 0.717) is 5.75 Å². The van der Waals surface area contributed by atoms with Gasteiger partial charge in [-0.2, -0.15) is 0 Å². The zero-order chi connectivity index (χ0) is 14.1. The van der Waals surface area contributed by atoms with Crippen molar-refractivity contribution in [3.8, 4) is 0 Å². The molecule has 1 atom stereocenters. The first kappa shape index (κ1) is 16.5. The summed E-state index contributed by atoms with van der Waals surface area (Å²) in [6, 6.07) is 0. The first-order chi connectivity index (χ1) is 9.19. The standard InChI is InChI=1S/C12H18N2O2S3/c1-4-6-7-9(16-10(15)5-2)8-18-12-14-13-11(17-3)19-12/h5,9H,2,4,6-8H2,1,3H3. The molecule has 106 valence electrons. The first-order valence-electron chi connectivity index (χ1n) is 6.03. The summed E-state index contributed by atoms with van der Waals surface area (Å²) in [5, 5.41) is 8.13. The lowest BCUT2D eigenvalue weighted by atomic mass is 10.2. The molecule has 4 nitrogen and oxygen atoms in total. The van der Waals surface area contributed by atoms with Crippen LogP contribution in [-0.4, -0.2) is 34.3 Å². The van der Waals surface area contributed by atoms with Gasteiger partial charge >= 0.3 is 5.97 Å². The Hall–Kier alpha value is -0.530. The molecule has 0 bridgehead atoms. The van der Waals surface area contributed by atoms with Gasteiger partial charge in [0.2, 0.25) is 0 Å². The molecule has 0 N–H and O–H groups in total. The maximum Gasteiger partial charge on any atom is 0.330 e. The fourth-order valence-corrected chi connectivity index (χ4v) is 3.82. The van der Waals surface area contributed by atoms with Crippen LogP contribution in [0.3, 0.4) is 0 Å². The number of aromatic nitrogens is 2. The van der Waals surface area contributed by atoms with Crippen molar-refractivity contribution in [2.24, 2.45) is 0 Å². The molecule has 0 saturated heterocycles. The zero-order valence-electron chi connectivity index (χ0n) is 11.1. The van der Waals surface area contributed by atoms with E-state index in [1.54, 1.807) is 34.9 Å². The molecular formula is C12H18N2O2S3. The summed E-state index contributed by atoms with van der Waals surface area (Å²) >= 11 is 4.74. The molecule has 1 heterocycles. The molecule has 1 aromatic heterocycles. The second-order valence-electron chi connectivity index (χ2n) is 3.75. The zero-order valence-corrected chi connectivity index (χ0v) is 13.6. The summed E-state index contributed by atoms with van der Waals surface area (Å²) in [5.41, 5.74) is 0. The van der Waals surface area contributed by atoms with Crippen LogP contribution < -0.4 is 0 Å². The third-order valence-electron chi connectivity index (χ3n) is 2.28. The van der Waals surface area contributed by atoms with Crippen molar-refractivity contribution >= 4 is 40.8 Å². The Kier molecular flexibility index (Phi) is 8.16. The van der Waals surface area contributed by atoms with Gasteiger partial charge < -0.3 is 4.74 Å². The first-order valence-corrected chi connectivity index (χ1v) is 9.05. The Labute approximate surface area is 126 Å². The quantitative estimate of drug-likeness (QED) is 0.393. The highest BCUT2D eigenvalue weighted by atomic mass is 32.2. The third kappa shape index (κ3) is 6.44. The van der Waals surface area contributed by atoms with E-state index >= 15 is 0 Å². The predicted octanol–water partition coefficient (Wildman–Crippen LogP) is 3.64. The SMILES string of the molecule is C=CC(=O)OC(CCCC)CSc1nnc(SC)s1. The molecule has 0 aliphatic heterocycles. The molecule has 1 unspecified atom stereocenters. The van der Waals surface area contributed by atoms with Crippen molar-refractivity contribution in [2.75, 3.05) is 12.0 Å². The molecule has 0 aliphatic carbocycles. The van der Waals surface area contributed by atoms with E-state index in [1.165, 1.54) is 6.08 Å². The fourth-order valence-electron chi connectivity index (χ4n) is 1.32. The van der Waals surface area contributed by atoms with E-state index in [4.69, 9.17) is 4.74 Å². The molecule has 0 fully saturated rings. The maximum absolute atomic E-state index is 11.3. The van der Waals surface area contributed by atoms with E-state index in [9.17, 15) is 4.79 Å². The Morgan fingerprint density at radius 1 is 1.53 bits per heavy atom. The van der Waals surface area contributed by atoms with E-state index < -0.39 is 0 Å². The monoisotopic (exact) mass is 318 g/mol. The lowest BCUT2D eigenvalue weighted by Crippen LogP contribution is -2.19. The normalized spacial score (nSPS) is 12.1. The van der Waals surface area contributed by atoms with Crippen molar-refractivity contribution in [2.45, 2.75) is 41.0 Å². The van der Waals surface area contributed by atoms with Gasteiger partial charge in [0.1, 0.15) is 6.10 Å². The van der Waals surface area contributed by atoms with Crippen LogP contribution >= 0.6 is 34.9 Å². The topological polar surface area (TPSA) is 52.1 Å². The Balaban J connectivity index is 2.46. The second kappa shape index (κ2) is 9.39. The van der Waals surface area contributed by atoms with Crippen LogP contribution in [0.1, 0.15) is 26.2 Å². The Morgan fingerprint density at radius 3 is 2.84 bits per heavy atom. The number of ether oxygens (including phenoxy) is 1. The molecule has 19 heavy (non-hydrogen) atoms. The van der Waals surface area contributed by atoms with Gasteiger partial charge in [0.05, 0.1) is 0 Å². The largest absolute Gasteiger partial charge is 0.458 e. The van der Waals surface area contributed by atoms with Gasteiger partial charge in [0.15, 0.2) is 8.68 Å². The van der Waals surface area contributed by atoms with Crippen LogP contribution in [0.25, 0.3) is 0 Å². The Bertz CT molecular complexity index is 409. The molecule has 0 saturated carbocycles. The molecule has 1 rings (SSSR count). The van der Waals surface area contributed by atoms with Gasteiger partial charge in [-0.05, 0) is 12.7 Å². The number of nitrogens with zero attached hydrogens (tertiary/aromatic N) is 2. The number of esters is 1. The highest BCUT2D eigenvalue weighted by Gasteiger charge is 2.14. The minimum Gasteiger partial charge on any atom is -0.458 e. The van der Waals surface area contributed by atoms with Crippen LogP contribution in [0.15, 0.2) is 21.3 Å². The van der Waals surface area contributed by atoms with Gasteiger partial charge in [-0.3, -0.25) is 0 Å². The van der Waals surface area contributed by atoms with Gasteiger partial charge in [0, 0.05) is 11.8 Å². The molecule has 0 aliphatic rings. The summed E-state index contributed by atoms with van der Waals surface area (Å²) in [6.07, 6.45) is 6.10. The minimum absolute atomic E-state index is 0.0860. The van der Waals surface area contributed by atoms with Gasteiger partial charge in [-0.1, -0.05) is 61.2 Å². The summed E-state index contributed by atoms with van der Waals surface area (Å²) < 4.78 is 7.20. The number of rotatable bonds is 9. The van der Waals surface area contributed by atoms with Crippen LogP contribution in [-0.2, 0) is 9.53 Å². The van der Waals surface area contributed by atoms with Crippen LogP contribution in [0.5, 0.6) is 0 Å². The van der Waals surface area contributed by atoms with E-state index in [0.717, 1.165) is 27.9 Å². The second-order valence-corrected chi connectivity index (χ2v) is 7.05. The summed E-state index contributed by atoms with van der Waals surface area (Å²) in [5.74, 6) is 0.353. The molecule has 1 aromatic rings. The smallest absolute Gasteiger partial charge is 0.330 e. The van der Waals surface area contributed by atoms with Gasteiger partial charge in [-0.25, -0.2) is 4.79 Å². The van der Waals surface area contributed by atoms with Crippen molar-refractivity contribution in [1.82, 2.24) is 10.2 Å². The highest BCUT2D eigenvalue weighted by molar-refractivity contribution is 8.03. The molecule has 0 spiro atoms. The highest BCUT2D eigenvalue weighted by Crippen LogP contribution is 2.28. The lowest BCUT2D eigenvalue weighted by Gasteiger charge is -2.15. The minimum atomic E-state index is -0.358. The molecule has 7 heteroatoms. The maximum atomic E-state index is 11.3. The van der Waals surface area contributed by atoms with Crippen molar-refractivity contribution in [3.05, 3.63) is 12.7 Å². The van der Waals surface area contributed by atoms with E-state index in [2.05, 4.69) is 23.7 Å².